The first-order valence-corrected chi connectivity index (χ1v) is 5.99. The van der Waals surface area contributed by atoms with E-state index in [-0.39, 0.29) is 19.2 Å². The van der Waals surface area contributed by atoms with Gasteiger partial charge in [0, 0.05) is 27.2 Å². The molecule has 0 fully saturated rings. The Morgan fingerprint density at radius 1 is 1.53 bits per heavy atom. The van der Waals surface area contributed by atoms with E-state index in [1.165, 1.54) is 4.90 Å². The zero-order valence-electron chi connectivity index (χ0n) is 11.3. The third-order valence-corrected chi connectivity index (χ3v) is 2.46. The fraction of sp³-hybridized carbons (Fsp3) is 0.385. The smallest absolute Gasteiger partial charge is 0.322 e. The summed E-state index contributed by atoms with van der Waals surface area (Å²) >= 11 is 0. The molecule has 6 heteroatoms. The molecule has 0 aliphatic carbocycles. The number of carbonyl (C=O) groups excluding carboxylic acids is 1. The van der Waals surface area contributed by atoms with E-state index < -0.39 is 0 Å². The predicted octanol–water partition coefficient (Wildman–Crippen LogP) is 1.16. The molecule has 0 aliphatic heterocycles. The van der Waals surface area contributed by atoms with Crippen LogP contribution in [0.3, 0.4) is 0 Å². The van der Waals surface area contributed by atoms with Gasteiger partial charge in [0.25, 0.3) is 0 Å². The molecule has 1 aromatic rings. The summed E-state index contributed by atoms with van der Waals surface area (Å²) in [5, 5.41) is 11.6. The van der Waals surface area contributed by atoms with Gasteiger partial charge in [-0.25, -0.2) is 9.78 Å². The van der Waals surface area contributed by atoms with Gasteiger partial charge >= 0.3 is 6.03 Å². The maximum absolute atomic E-state index is 11.9. The normalized spacial score (nSPS) is 9.84. The largest absolute Gasteiger partial charge is 0.395 e. The number of pyridine rings is 1. The Balaban J connectivity index is 2.66. The molecule has 0 bridgehead atoms. The topological polar surface area (TPSA) is 68.7 Å². The van der Waals surface area contributed by atoms with E-state index in [0.29, 0.717) is 12.2 Å². The van der Waals surface area contributed by atoms with Crippen molar-refractivity contribution in [2.75, 3.05) is 44.0 Å². The molecule has 6 nitrogen and oxygen atoms in total. The number of aromatic nitrogens is 1. The van der Waals surface area contributed by atoms with E-state index in [9.17, 15) is 4.79 Å². The maximum atomic E-state index is 11.9. The Labute approximate surface area is 113 Å². The zero-order valence-corrected chi connectivity index (χ0v) is 11.3. The van der Waals surface area contributed by atoms with Gasteiger partial charge in [-0.1, -0.05) is 6.08 Å². The summed E-state index contributed by atoms with van der Waals surface area (Å²) < 4.78 is 0. The van der Waals surface area contributed by atoms with E-state index in [0.717, 1.165) is 5.82 Å². The molecule has 1 aromatic heterocycles. The second-order valence-corrected chi connectivity index (χ2v) is 4.19. The highest BCUT2D eigenvalue weighted by Crippen LogP contribution is 2.12. The van der Waals surface area contributed by atoms with Crippen LogP contribution in [0.25, 0.3) is 0 Å². The average Bonchev–Trinajstić information content (AvgIpc) is 2.39. The molecular formula is C13H20N4O2. The lowest BCUT2D eigenvalue weighted by atomic mass is 10.4. The summed E-state index contributed by atoms with van der Waals surface area (Å²) in [6.45, 7) is 4.15. The number of amides is 2. The Morgan fingerprint density at radius 2 is 2.26 bits per heavy atom. The number of rotatable bonds is 6. The van der Waals surface area contributed by atoms with Gasteiger partial charge < -0.3 is 20.2 Å². The molecular weight excluding hydrogens is 244 g/mol. The van der Waals surface area contributed by atoms with E-state index in [1.54, 1.807) is 18.3 Å². The van der Waals surface area contributed by atoms with Crippen molar-refractivity contribution in [3.8, 4) is 0 Å². The first-order chi connectivity index (χ1) is 9.08. The van der Waals surface area contributed by atoms with Crippen molar-refractivity contribution in [2.24, 2.45) is 0 Å². The minimum Gasteiger partial charge on any atom is -0.395 e. The van der Waals surface area contributed by atoms with Crippen LogP contribution in [0.2, 0.25) is 0 Å². The minimum atomic E-state index is -0.284. The number of hydrogen-bond acceptors (Lipinski definition) is 4. The zero-order chi connectivity index (χ0) is 14.3. The van der Waals surface area contributed by atoms with Crippen LogP contribution in [0.5, 0.6) is 0 Å². The lowest BCUT2D eigenvalue weighted by Gasteiger charge is -2.20. The molecule has 0 spiro atoms. The maximum Gasteiger partial charge on any atom is 0.322 e. The number of urea groups is 1. The van der Waals surface area contributed by atoms with Gasteiger partial charge in [0.15, 0.2) is 0 Å². The number of aliphatic hydroxyl groups excluding tert-OH is 1. The van der Waals surface area contributed by atoms with Crippen LogP contribution in [0, 0.1) is 0 Å². The van der Waals surface area contributed by atoms with Gasteiger partial charge in [0.05, 0.1) is 18.5 Å². The van der Waals surface area contributed by atoms with Crippen molar-refractivity contribution in [1.82, 2.24) is 9.88 Å². The molecule has 1 heterocycles. The molecule has 1 rings (SSSR count). The summed E-state index contributed by atoms with van der Waals surface area (Å²) in [5.74, 6) is 0.816. The quantitative estimate of drug-likeness (QED) is 0.757. The molecule has 0 radical (unpaired) electrons. The second kappa shape index (κ2) is 7.38. The summed E-state index contributed by atoms with van der Waals surface area (Å²) in [5.41, 5.74) is 0.614. The molecule has 0 aliphatic rings. The average molecular weight is 264 g/mol. The molecule has 0 unspecified atom stereocenters. The highest BCUT2D eigenvalue weighted by molar-refractivity contribution is 5.89. The lowest BCUT2D eigenvalue weighted by molar-refractivity contribution is 0.195. The highest BCUT2D eigenvalue weighted by Gasteiger charge is 2.11. The first kappa shape index (κ1) is 15.0. The first-order valence-electron chi connectivity index (χ1n) is 5.99. The van der Waals surface area contributed by atoms with Crippen LogP contribution in [0.15, 0.2) is 31.0 Å². The number of hydrogen-bond donors (Lipinski definition) is 2. The van der Waals surface area contributed by atoms with Gasteiger partial charge in [0.1, 0.15) is 5.82 Å². The highest BCUT2D eigenvalue weighted by atomic mass is 16.3. The van der Waals surface area contributed by atoms with E-state index in [1.807, 2.05) is 25.1 Å². The van der Waals surface area contributed by atoms with Crippen molar-refractivity contribution < 1.29 is 9.90 Å². The SMILES string of the molecule is C=CCN(CCO)C(=O)Nc1ccc(N(C)C)nc1. The number of nitrogens with zero attached hydrogens (tertiary/aromatic N) is 3. The van der Waals surface area contributed by atoms with Crippen molar-refractivity contribution in [2.45, 2.75) is 0 Å². The predicted molar refractivity (Wildman–Crippen MR) is 76.4 cm³/mol. The van der Waals surface area contributed by atoms with Crippen LogP contribution >= 0.6 is 0 Å². The number of anilines is 2. The van der Waals surface area contributed by atoms with Crippen molar-refractivity contribution in [1.29, 1.82) is 0 Å². The van der Waals surface area contributed by atoms with Crippen LogP contribution in [-0.4, -0.2) is 54.8 Å². The van der Waals surface area contributed by atoms with E-state index in [2.05, 4.69) is 16.9 Å². The Bertz CT molecular complexity index is 417. The van der Waals surface area contributed by atoms with Crippen molar-refractivity contribution in [3.05, 3.63) is 31.0 Å². The molecule has 19 heavy (non-hydrogen) atoms. The van der Waals surface area contributed by atoms with Crippen molar-refractivity contribution in [3.63, 3.8) is 0 Å². The summed E-state index contributed by atoms with van der Waals surface area (Å²) in [4.78, 5) is 19.5. The third-order valence-electron chi connectivity index (χ3n) is 2.46. The van der Waals surface area contributed by atoms with E-state index >= 15 is 0 Å². The molecule has 0 aromatic carbocycles. The number of aliphatic hydroxyl groups is 1. The van der Waals surface area contributed by atoms with Crippen LogP contribution < -0.4 is 10.2 Å². The molecule has 104 valence electrons. The van der Waals surface area contributed by atoms with Crippen molar-refractivity contribution >= 4 is 17.5 Å². The second-order valence-electron chi connectivity index (χ2n) is 4.19. The standard InChI is InChI=1S/C13H20N4O2/c1-4-7-17(8-9-18)13(19)15-11-5-6-12(14-10-11)16(2)3/h4-6,10,18H,1,7-9H2,2-3H3,(H,15,19). The summed E-state index contributed by atoms with van der Waals surface area (Å²) in [6, 6.07) is 3.32. The van der Waals surface area contributed by atoms with Crippen LogP contribution in [0.4, 0.5) is 16.3 Å². The Morgan fingerprint density at radius 3 is 2.74 bits per heavy atom. The van der Waals surface area contributed by atoms with Gasteiger partial charge in [0.2, 0.25) is 0 Å². The monoisotopic (exact) mass is 264 g/mol. The van der Waals surface area contributed by atoms with Crippen LogP contribution in [-0.2, 0) is 0 Å². The van der Waals surface area contributed by atoms with E-state index in [4.69, 9.17) is 5.11 Å². The molecule has 0 saturated carbocycles. The fourth-order valence-corrected chi connectivity index (χ4v) is 1.48. The summed E-state index contributed by atoms with van der Waals surface area (Å²) in [6.07, 6.45) is 3.21. The molecule has 0 saturated heterocycles. The summed E-state index contributed by atoms with van der Waals surface area (Å²) in [7, 11) is 3.79. The fourth-order valence-electron chi connectivity index (χ4n) is 1.48. The van der Waals surface area contributed by atoms with Gasteiger partial charge in [-0.05, 0) is 12.1 Å². The van der Waals surface area contributed by atoms with Gasteiger partial charge in [-0.15, -0.1) is 6.58 Å². The number of carbonyl (C=O) groups is 1. The molecule has 2 amide bonds. The number of nitrogens with one attached hydrogen (secondary N) is 1. The lowest BCUT2D eigenvalue weighted by Crippen LogP contribution is -2.37. The van der Waals surface area contributed by atoms with Gasteiger partial charge in [-0.3, -0.25) is 0 Å². The van der Waals surface area contributed by atoms with Gasteiger partial charge in [-0.2, -0.15) is 0 Å². The molecule has 2 N–H and O–H groups in total. The Kier molecular flexibility index (Phi) is 5.81. The molecule has 0 atom stereocenters. The third kappa shape index (κ3) is 4.59. The minimum absolute atomic E-state index is 0.0842. The van der Waals surface area contributed by atoms with Crippen LogP contribution in [0.1, 0.15) is 0 Å². The Hall–Kier alpha value is -2.08.